The number of carbonyl (C=O) groups is 3. The molecule has 2 aliphatic carbocycles. The largest absolute Gasteiger partial charge is 0.464 e. The summed E-state index contributed by atoms with van der Waals surface area (Å²) >= 11 is 15.8. The van der Waals surface area contributed by atoms with E-state index in [9.17, 15) is 19.2 Å². The zero-order chi connectivity index (χ0) is 24.8. The number of aromatic nitrogens is 1. The minimum atomic E-state index is -0.953. The number of carbonyl (C=O) groups excluding carboxylic acids is 3. The van der Waals surface area contributed by atoms with E-state index in [-0.39, 0.29) is 52.2 Å². The third-order valence-electron chi connectivity index (χ3n) is 8.09. The first-order chi connectivity index (χ1) is 16.7. The lowest BCUT2D eigenvalue weighted by atomic mass is 9.68. The van der Waals surface area contributed by atoms with Crippen LogP contribution in [-0.4, -0.2) is 45.6 Å². The summed E-state index contributed by atoms with van der Waals surface area (Å²) in [6, 6.07) is 4.55. The summed E-state index contributed by atoms with van der Waals surface area (Å²) in [5, 5.41) is 1.72. The number of H-pyrrole nitrogens is 1. The zero-order valence-corrected chi connectivity index (χ0v) is 22.0. The van der Waals surface area contributed by atoms with Gasteiger partial charge in [0.1, 0.15) is 6.04 Å². The highest BCUT2D eigenvalue weighted by Gasteiger charge is 2.70. The van der Waals surface area contributed by atoms with E-state index in [0.717, 1.165) is 26.8 Å². The SMILES string of the molecule is CCOC(=O)C(C)N1C(=O)C2C3CC(C2C1=O)C1C(c2cccc(Cl)c2Cl)c2sc(=O)[nH]c2SC31. The molecule has 184 valence electrons. The molecule has 2 amide bonds. The summed E-state index contributed by atoms with van der Waals surface area (Å²) in [6.45, 7) is 3.43. The molecule has 1 saturated heterocycles. The molecule has 8 atom stereocenters. The molecule has 1 aromatic heterocycles. The number of hydrogen-bond acceptors (Lipinski definition) is 7. The number of thiazole rings is 1. The van der Waals surface area contributed by atoms with Crippen molar-refractivity contribution >= 4 is 64.1 Å². The summed E-state index contributed by atoms with van der Waals surface area (Å²) in [5.74, 6) is -2.38. The third kappa shape index (κ3) is 3.24. The van der Waals surface area contributed by atoms with Gasteiger partial charge in [-0.05, 0) is 49.7 Å². The topological polar surface area (TPSA) is 96.5 Å². The Bertz CT molecular complexity index is 1330. The van der Waals surface area contributed by atoms with Crippen molar-refractivity contribution in [3.63, 3.8) is 0 Å². The van der Waals surface area contributed by atoms with E-state index in [1.165, 1.54) is 11.3 Å². The van der Waals surface area contributed by atoms with Gasteiger partial charge in [-0.15, -0.1) is 11.8 Å². The van der Waals surface area contributed by atoms with Crippen LogP contribution in [0.3, 0.4) is 0 Å². The third-order valence-corrected chi connectivity index (χ3v) is 11.5. The van der Waals surface area contributed by atoms with Crippen molar-refractivity contribution in [2.75, 3.05) is 6.61 Å². The van der Waals surface area contributed by atoms with Crippen LogP contribution in [0.5, 0.6) is 0 Å². The zero-order valence-electron chi connectivity index (χ0n) is 18.8. The number of likely N-dealkylation sites (tertiary alicyclic amines) is 1. The molecular formula is C24H22Cl2N2O5S2. The first kappa shape index (κ1) is 23.6. The average molecular weight is 553 g/mol. The van der Waals surface area contributed by atoms with Gasteiger partial charge in [0, 0.05) is 16.0 Å². The Labute approximate surface area is 219 Å². The van der Waals surface area contributed by atoms with E-state index in [2.05, 4.69) is 4.98 Å². The summed E-state index contributed by atoms with van der Waals surface area (Å²) < 4.78 is 5.09. The fourth-order valence-corrected chi connectivity index (χ4v) is 10.2. The number of benzene rings is 1. The predicted octanol–water partition coefficient (Wildman–Crippen LogP) is 4.17. The number of ether oxygens (including phenoxy) is 1. The molecule has 7 nitrogen and oxygen atoms in total. The lowest BCUT2D eigenvalue weighted by Gasteiger charge is -2.43. The Balaban J connectivity index is 1.43. The van der Waals surface area contributed by atoms with Crippen LogP contribution < -0.4 is 4.87 Å². The number of nitrogens with one attached hydrogen (secondary N) is 1. The van der Waals surface area contributed by atoms with Crippen molar-refractivity contribution in [1.29, 1.82) is 0 Å². The van der Waals surface area contributed by atoms with E-state index in [4.69, 9.17) is 27.9 Å². The highest BCUT2D eigenvalue weighted by molar-refractivity contribution is 8.00. The van der Waals surface area contributed by atoms with Crippen molar-refractivity contribution in [2.45, 2.75) is 42.5 Å². The molecule has 2 saturated carbocycles. The highest BCUT2D eigenvalue weighted by atomic mass is 35.5. The molecule has 6 rings (SSSR count). The Morgan fingerprint density at radius 2 is 1.91 bits per heavy atom. The van der Waals surface area contributed by atoms with E-state index < -0.39 is 23.8 Å². The maximum atomic E-state index is 13.6. The Hall–Kier alpha value is -1.81. The number of esters is 1. The normalized spacial score (nSPS) is 33.5. The minimum Gasteiger partial charge on any atom is -0.464 e. The first-order valence-corrected chi connectivity index (χ1v) is 14.1. The molecule has 4 aliphatic rings. The Kier molecular flexibility index (Phi) is 5.63. The summed E-state index contributed by atoms with van der Waals surface area (Å²) in [6.07, 6.45) is 0.755. The number of imide groups is 1. The van der Waals surface area contributed by atoms with Crippen LogP contribution in [0, 0.1) is 29.6 Å². The first-order valence-electron chi connectivity index (χ1n) is 11.6. The van der Waals surface area contributed by atoms with Crippen molar-refractivity contribution in [3.05, 3.63) is 48.4 Å². The van der Waals surface area contributed by atoms with Crippen molar-refractivity contribution in [2.24, 2.45) is 29.6 Å². The molecule has 2 bridgehead atoms. The van der Waals surface area contributed by atoms with Gasteiger partial charge in [0.05, 0.1) is 33.5 Å². The number of thioether (sulfide) groups is 1. The van der Waals surface area contributed by atoms with Gasteiger partial charge in [0.15, 0.2) is 0 Å². The lowest BCUT2D eigenvalue weighted by Crippen LogP contribution is -2.45. The van der Waals surface area contributed by atoms with Crippen LogP contribution in [0.15, 0.2) is 28.0 Å². The van der Waals surface area contributed by atoms with Crippen LogP contribution in [0.4, 0.5) is 0 Å². The molecule has 1 N–H and O–H groups in total. The van der Waals surface area contributed by atoms with E-state index in [1.807, 2.05) is 12.1 Å². The van der Waals surface area contributed by atoms with Crippen LogP contribution in [0.25, 0.3) is 0 Å². The molecule has 1 aromatic carbocycles. The Morgan fingerprint density at radius 3 is 2.63 bits per heavy atom. The van der Waals surface area contributed by atoms with Crippen LogP contribution >= 0.6 is 46.3 Å². The van der Waals surface area contributed by atoms with Crippen LogP contribution in [0.2, 0.25) is 10.0 Å². The van der Waals surface area contributed by atoms with Gasteiger partial charge in [-0.25, -0.2) is 4.79 Å². The Morgan fingerprint density at radius 1 is 1.20 bits per heavy atom. The van der Waals surface area contributed by atoms with Gasteiger partial charge < -0.3 is 9.72 Å². The van der Waals surface area contributed by atoms with Crippen LogP contribution in [-0.2, 0) is 19.1 Å². The van der Waals surface area contributed by atoms with Gasteiger partial charge in [0.25, 0.3) is 0 Å². The number of fused-ring (bicyclic) bond motifs is 9. The monoisotopic (exact) mass is 552 g/mol. The number of amides is 2. The van der Waals surface area contributed by atoms with Gasteiger partial charge in [-0.1, -0.05) is 46.7 Å². The fourth-order valence-electron chi connectivity index (χ4n) is 6.90. The van der Waals surface area contributed by atoms with Crippen molar-refractivity contribution in [1.82, 2.24) is 9.88 Å². The fraction of sp³-hybridized carbons (Fsp3) is 0.500. The molecule has 3 heterocycles. The molecule has 0 radical (unpaired) electrons. The summed E-state index contributed by atoms with van der Waals surface area (Å²) in [5.41, 5.74) is 0.837. The molecule has 2 aromatic rings. The number of nitrogens with zero attached hydrogens (tertiary/aromatic N) is 1. The number of hydrogen-bond donors (Lipinski definition) is 1. The number of rotatable bonds is 4. The lowest BCUT2D eigenvalue weighted by molar-refractivity contribution is -0.158. The highest BCUT2D eigenvalue weighted by Crippen LogP contribution is 2.69. The summed E-state index contributed by atoms with van der Waals surface area (Å²) in [7, 11) is 0. The maximum Gasteiger partial charge on any atom is 0.329 e. The average Bonchev–Trinajstić information content (AvgIpc) is 3.54. The van der Waals surface area contributed by atoms with Gasteiger partial charge >= 0.3 is 10.8 Å². The van der Waals surface area contributed by atoms with Gasteiger partial charge in [-0.2, -0.15) is 0 Å². The quantitative estimate of drug-likeness (QED) is 0.451. The molecule has 2 aliphatic heterocycles. The second-order valence-electron chi connectivity index (χ2n) is 9.58. The standard InChI is InChI=1S/C24H22Cl2N2O5S2/c1-3-33-23(31)8(2)28-21(29)15-10-7-11(16(15)22(28)30)18-14(10)13(9-5-4-6-12(25)17(9)26)19-20(34-18)27-24(32)35-19/h4-6,8,10-11,13-16,18H,3,7H2,1-2H3,(H,27,32). The van der Waals surface area contributed by atoms with E-state index in [0.29, 0.717) is 10.0 Å². The molecule has 0 spiro atoms. The maximum absolute atomic E-state index is 13.6. The van der Waals surface area contributed by atoms with Crippen molar-refractivity contribution < 1.29 is 19.1 Å². The predicted molar refractivity (Wildman–Crippen MR) is 133 cm³/mol. The number of halogens is 2. The summed E-state index contributed by atoms with van der Waals surface area (Å²) in [4.78, 5) is 56.7. The number of aromatic amines is 1. The van der Waals surface area contributed by atoms with E-state index in [1.54, 1.807) is 31.7 Å². The van der Waals surface area contributed by atoms with Gasteiger partial charge in [-0.3, -0.25) is 19.3 Å². The molecular weight excluding hydrogens is 531 g/mol. The van der Waals surface area contributed by atoms with Gasteiger partial charge in [0.2, 0.25) is 11.8 Å². The molecule has 11 heteroatoms. The minimum absolute atomic E-state index is 0.00997. The van der Waals surface area contributed by atoms with E-state index >= 15 is 0 Å². The molecule has 3 fully saturated rings. The molecule has 35 heavy (non-hydrogen) atoms. The molecule has 8 unspecified atom stereocenters. The van der Waals surface area contributed by atoms with Crippen molar-refractivity contribution in [3.8, 4) is 0 Å². The second kappa shape index (κ2) is 8.36. The van der Waals surface area contributed by atoms with Crippen LogP contribution in [0.1, 0.15) is 36.6 Å². The smallest absolute Gasteiger partial charge is 0.329 e. The second-order valence-corrected chi connectivity index (χ2v) is 12.6.